The molecule has 2 unspecified atom stereocenters. The van der Waals surface area contributed by atoms with Gasteiger partial charge in [0.2, 0.25) is 0 Å². The molecular weight excluding hydrogens is 296 g/mol. The largest absolute Gasteiger partial charge is 0.378 e. The Morgan fingerprint density at radius 2 is 2.33 bits per heavy atom. The molecule has 1 aromatic carbocycles. The molecule has 0 aliphatic carbocycles. The molecule has 1 aliphatic rings. The Morgan fingerprint density at radius 3 is 3.00 bits per heavy atom. The van der Waals surface area contributed by atoms with Gasteiger partial charge in [-0.3, -0.25) is 14.9 Å². The third kappa shape index (κ3) is 3.71. The maximum absolute atomic E-state index is 12.1. The highest BCUT2D eigenvalue weighted by Crippen LogP contribution is 2.25. The lowest BCUT2D eigenvalue weighted by atomic mass is 9.99. The van der Waals surface area contributed by atoms with Gasteiger partial charge in [0.15, 0.2) is 0 Å². The van der Waals surface area contributed by atoms with Crippen molar-refractivity contribution in [3.8, 4) is 0 Å². The van der Waals surface area contributed by atoms with Crippen LogP contribution >= 0.6 is 11.6 Å². The maximum atomic E-state index is 12.1. The highest BCUT2D eigenvalue weighted by atomic mass is 35.5. The second-order valence-corrected chi connectivity index (χ2v) is 5.41. The second-order valence-electron chi connectivity index (χ2n) is 5.00. The number of rotatable bonds is 5. The Balaban J connectivity index is 2.00. The Bertz CT molecular complexity index is 550. The highest BCUT2D eigenvalue weighted by molar-refractivity contribution is 6.32. The van der Waals surface area contributed by atoms with E-state index in [9.17, 15) is 14.9 Å². The fraction of sp³-hybridized carbons (Fsp3) is 0.500. The fourth-order valence-corrected chi connectivity index (χ4v) is 2.68. The predicted octanol–water partition coefficient (Wildman–Crippen LogP) is 2.79. The van der Waals surface area contributed by atoms with E-state index in [-0.39, 0.29) is 28.3 Å². The van der Waals surface area contributed by atoms with Crippen molar-refractivity contribution in [3.63, 3.8) is 0 Å². The van der Waals surface area contributed by atoms with Gasteiger partial charge in [-0.15, -0.1) is 0 Å². The quantitative estimate of drug-likeness (QED) is 0.669. The van der Waals surface area contributed by atoms with Crippen molar-refractivity contribution >= 4 is 23.2 Å². The Kier molecular flexibility index (Phi) is 5.14. The average molecular weight is 313 g/mol. The SMILES string of the molecule is CCC1OCCC1CNC(=O)c1ccc(Cl)c([N+](=O)[O-])c1. The van der Waals surface area contributed by atoms with Crippen LogP contribution in [0.3, 0.4) is 0 Å². The second kappa shape index (κ2) is 6.87. The summed E-state index contributed by atoms with van der Waals surface area (Å²) < 4.78 is 5.56. The monoisotopic (exact) mass is 312 g/mol. The molecule has 2 rings (SSSR count). The third-order valence-corrected chi connectivity index (χ3v) is 4.00. The molecule has 21 heavy (non-hydrogen) atoms. The van der Waals surface area contributed by atoms with Crippen molar-refractivity contribution in [1.29, 1.82) is 0 Å². The van der Waals surface area contributed by atoms with E-state index in [1.54, 1.807) is 0 Å². The van der Waals surface area contributed by atoms with Crippen LogP contribution in [0.4, 0.5) is 5.69 Å². The number of carbonyl (C=O) groups is 1. The zero-order chi connectivity index (χ0) is 15.4. The molecule has 1 N–H and O–H groups in total. The number of nitro groups is 1. The summed E-state index contributed by atoms with van der Waals surface area (Å²) in [6, 6.07) is 4.04. The number of ether oxygens (including phenoxy) is 1. The third-order valence-electron chi connectivity index (χ3n) is 3.68. The van der Waals surface area contributed by atoms with E-state index in [1.165, 1.54) is 18.2 Å². The summed E-state index contributed by atoms with van der Waals surface area (Å²) in [5, 5.41) is 13.6. The maximum Gasteiger partial charge on any atom is 0.288 e. The average Bonchev–Trinajstić information content (AvgIpc) is 2.92. The molecule has 2 atom stereocenters. The van der Waals surface area contributed by atoms with Gasteiger partial charge in [0, 0.05) is 30.7 Å². The highest BCUT2D eigenvalue weighted by Gasteiger charge is 2.27. The summed E-state index contributed by atoms with van der Waals surface area (Å²) in [5.41, 5.74) is -0.0296. The number of nitrogens with zero attached hydrogens (tertiary/aromatic N) is 1. The number of hydrogen-bond donors (Lipinski definition) is 1. The van der Waals surface area contributed by atoms with E-state index in [0.717, 1.165) is 12.8 Å². The van der Waals surface area contributed by atoms with Gasteiger partial charge >= 0.3 is 0 Å². The van der Waals surface area contributed by atoms with Gasteiger partial charge in [-0.25, -0.2) is 0 Å². The molecule has 0 spiro atoms. The first kappa shape index (κ1) is 15.7. The van der Waals surface area contributed by atoms with Crippen molar-refractivity contribution in [2.24, 2.45) is 5.92 Å². The van der Waals surface area contributed by atoms with E-state index in [0.29, 0.717) is 19.1 Å². The van der Waals surface area contributed by atoms with Crippen molar-refractivity contribution in [2.45, 2.75) is 25.9 Å². The molecular formula is C14H17ClN2O4. The zero-order valence-electron chi connectivity index (χ0n) is 11.7. The van der Waals surface area contributed by atoms with Crippen LogP contribution in [0.1, 0.15) is 30.1 Å². The smallest absolute Gasteiger partial charge is 0.288 e. The normalized spacial score (nSPS) is 21.2. The van der Waals surface area contributed by atoms with Crippen LogP contribution in [0.25, 0.3) is 0 Å². The standard InChI is InChI=1S/C14H17ClN2O4/c1-2-13-10(5-6-21-13)8-16-14(18)9-3-4-11(15)12(7-9)17(19)20/h3-4,7,10,13H,2,5-6,8H2,1H3,(H,16,18). The first-order valence-electron chi connectivity index (χ1n) is 6.86. The minimum Gasteiger partial charge on any atom is -0.378 e. The fourth-order valence-electron chi connectivity index (χ4n) is 2.50. The van der Waals surface area contributed by atoms with Gasteiger partial charge in [0.05, 0.1) is 11.0 Å². The Hall–Kier alpha value is -1.66. The minimum atomic E-state index is -0.600. The van der Waals surface area contributed by atoms with Crippen LogP contribution in [0.2, 0.25) is 5.02 Å². The number of halogens is 1. The van der Waals surface area contributed by atoms with Gasteiger partial charge in [-0.2, -0.15) is 0 Å². The van der Waals surface area contributed by atoms with E-state index in [2.05, 4.69) is 5.32 Å². The molecule has 1 heterocycles. The number of hydrogen-bond acceptors (Lipinski definition) is 4. The van der Waals surface area contributed by atoms with Crippen LogP contribution in [0, 0.1) is 16.0 Å². The molecule has 1 saturated heterocycles. The number of nitrogens with one attached hydrogen (secondary N) is 1. The van der Waals surface area contributed by atoms with Gasteiger partial charge < -0.3 is 10.1 Å². The van der Waals surface area contributed by atoms with Crippen LogP contribution in [-0.2, 0) is 4.74 Å². The summed E-state index contributed by atoms with van der Waals surface area (Å²) in [5.74, 6) is -0.0437. The van der Waals surface area contributed by atoms with Gasteiger partial charge in [-0.05, 0) is 25.0 Å². The van der Waals surface area contributed by atoms with Crippen LogP contribution in [0.15, 0.2) is 18.2 Å². The molecule has 7 heteroatoms. The molecule has 114 valence electrons. The van der Waals surface area contributed by atoms with Gasteiger partial charge in [-0.1, -0.05) is 18.5 Å². The van der Waals surface area contributed by atoms with Crippen LogP contribution in [-0.4, -0.2) is 30.1 Å². The summed E-state index contributed by atoms with van der Waals surface area (Å²) in [6.07, 6.45) is 2.00. The van der Waals surface area contributed by atoms with E-state index < -0.39 is 4.92 Å². The number of amides is 1. The molecule has 0 radical (unpaired) electrons. The van der Waals surface area contributed by atoms with Crippen LogP contribution < -0.4 is 5.32 Å². The lowest BCUT2D eigenvalue weighted by molar-refractivity contribution is -0.384. The van der Waals surface area contributed by atoms with Gasteiger partial charge in [0.1, 0.15) is 5.02 Å². The van der Waals surface area contributed by atoms with Crippen molar-refractivity contribution in [1.82, 2.24) is 5.32 Å². The van der Waals surface area contributed by atoms with E-state index >= 15 is 0 Å². The molecule has 0 saturated carbocycles. The van der Waals surface area contributed by atoms with E-state index in [4.69, 9.17) is 16.3 Å². The lowest BCUT2D eigenvalue weighted by Gasteiger charge is -2.17. The first-order chi connectivity index (χ1) is 10.0. The van der Waals surface area contributed by atoms with Crippen molar-refractivity contribution in [3.05, 3.63) is 38.9 Å². The number of benzene rings is 1. The summed E-state index contributed by atoms with van der Waals surface area (Å²) in [6.45, 7) is 3.27. The van der Waals surface area contributed by atoms with Crippen LogP contribution in [0.5, 0.6) is 0 Å². The molecule has 0 bridgehead atoms. The number of carbonyl (C=O) groups excluding carboxylic acids is 1. The van der Waals surface area contributed by atoms with Crippen molar-refractivity contribution < 1.29 is 14.5 Å². The summed E-state index contributed by atoms with van der Waals surface area (Å²) in [4.78, 5) is 22.3. The number of nitro benzene ring substituents is 1. The summed E-state index contributed by atoms with van der Waals surface area (Å²) >= 11 is 5.72. The Morgan fingerprint density at radius 1 is 1.57 bits per heavy atom. The summed E-state index contributed by atoms with van der Waals surface area (Å²) in [7, 11) is 0. The minimum absolute atomic E-state index is 0.0202. The molecule has 1 fully saturated rings. The van der Waals surface area contributed by atoms with Crippen molar-refractivity contribution in [2.75, 3.05) is 13.2 Å². The first-order valence-corrected chi connectivity index (χ1v) is 7.24. The lowest BCUT2D eigenvalue weighted by Crippen LogP contribution is -2.32. The van der Waals surface area contributed by atoms with E-state index in [1.807, 2.05) is 6.92 Å². The topological polar surface area (TPSA) is 81.5 Å². The Labute approximate surface area is 127 Å². The molecule has 1 amide bonds. The zero-order valence-corrected chi connectivity index (χ0v) is 12.4. The van der Waals surface area contributed by atoms with Gasteiger partial charge in [0.25, 0.3) is 11.6 Å². The predicted molar refractivity (Wildman–Crippen MR) is 78.6 cm³/mol. The molecule has 1 aromatic rings. The molecule has 6 nitrogen and oxygen atoms in total. The molecule has 1 aliphatic heterocycles. The molecule has 0 aromatic heterocycles.